The maximum atomic E-state index is 13.9. The van der Waals surface area contributed by atoms with Crippen molar-refractivity contribution in [2.24, 2.45) is 17.6 Å². The van der Waals surface area contributed by atoms with Gasteiger partial charge in [-0.3, -0.25) is 39.0 Å². The van der Waals surface area contributed by atoms with Gasteiger partial charge in [0.2, 0.25) is 11.8 Å². The Morgan fingerprint density at radius 3 is 1.94 bits per heavy atom. The largest absolute Gasteiger partial charge is 0.444 e. The van der Waals surface area contributed by atoms with Crippen LogP contribution in [0.4, 0.5) is 21.1 Å². The standard InChI is InChI=1S/C67H91N9O9/c1-5-7-9-10-11-12-13-14-15-16-18-25-53(77)39-36-48-30-32-49(33-31-48)45-76-57(28-8-6-2)72-62-63(76)54-26-20-21-27-55(54)71-64(62)74-67(84)85-46-50-34-37-52(38-35-50)70-65(82)51(24-23-42-69-66(68)83)44-56(78)61(47(3)4)73-58(79)29-19-17-22-43-75-59(80)40-41-60(75)81/h20-21,26-27,30-35,37-38,40-41,47,51,61H,5-19,22-25,28-29,36,39,42-46H2,1-4H3,(H,70,82)(H,73,79)(H3,68,69,83)(H,71,74,84)/t51-,61+/m1/s1. The molecule has 0 unspecified atom stereocenters. The molecule has 0 fully saturated rings. The summed E-state index contributed by atoms with van der Waals surface area (Å²) in [7, 11) is 0. The number of nitrogens with two attached hydrogens (primary N) is 1. The topological polar surface area (TPSA) is 254 Å². The number of hydrogen-bond donors (Lipinski definition) is 5. The molecular weight excluding hydrogens is 1070 g/mol. The van der Waals surface area contributed by atoms with Crippen LogP contribution in [-0.4, -0.2) is 85.9 Å². The van der Waals surface area contributed by atoms with Gasteiger partial charge in [-0.15, -0.1) is 0 Å². The molecule has 0 aliphatic carbocycles. The molecule has 0 saturated carbocycles. The van der Waals surface area contributed by atoms with Gasteiger partial charge < -0.3 is 31.0 Å². The van der Waals surface area contributed by atoms with Gasteiger partial charge in [-0.25, -0.2) is 19.6 Å². The number of aromatic nitrogens is 3. The van der Waals surface area contributed by atoms with E-state index >= 15 is 0 Å². The molecule has 5 aromatic rings. The van der Waals surface area contributed by atoms with Gasteiger partial charge in [0.05, 0.1) is 17.1 Å². The molecule has 458 valence electrons. The third kappa shape index (κ3) is 22.0. The highest BCUT2D eigenvalue weighted by molar-refractivity contribution is 6.13. The molecule has 1 aliphatic rings. The summed E-state index contributed by atoms with van der Waals surface area (Å²) in [6, 6.07) is 21.5. The SMILES string of the molecule is CCCCCCCCCCCCCC(=O)CCc1ccc(Cn2c(CCCC)nc3c(NC(=O)OCc4ccc(NC(=O)[C@H](CCCNC(N)=O)CC(=O)[C@@H](NC(=O)CCCCCN5C(=O)C=CC5=O)C(C)C)cc4)nc4ccccc4c32)cc1. The Balaban J connectivity index is 1.02. The van der Waals surface area contributed by atoms with Gasteiger partial charge in [-0.05, 0) is 85.8 Å². The number of carbonyl (C=O) groups excluding carboxylic acids is 8. The van der Waals surface area contributed by atoms with E-state index in [4.69, 9.17) is 20.4 Å². The number of aryl methyl sites for hydroxylation is 2. The number of pyridine rings is 1. The number of benzene rings is 3. The van der Waals surface area contributed by atoms with Crippen molar-refractivity contribution in [2.45, 2.75) is 201 Å². The van der Waals surface area contributed by atoms with Crippen LogP contribution in [0.1, 0.15) is 191 Å². The van der Waals surface area contributed by atoms with Crippen LogP contribution in [0.5, 0.6) is 0 Å². The van der Waals surface area contributed by atoms with Crippen molar-refractivity contribution in [1.29, 1.82) is 0 Å². The molecule has 7 amide bonds. The highest BCUT2D eigenvalue weighted by Gasteiger charge is 2.30. The van der Waals surface area contributed by atoms with E-state index in [1.165, 1.54) is 69.9 Å². The number of primary amides is 1. The molecule has 2 atom stereocenters. The number of Topliss-reactive ketones (excluding diaryl/α,β-unsaturated/α-hetero) is 2. The first-order valence-electron chi connectivity index (χ1n) is 31.2. The van der Waals surface area contributed by atoms with E-state index in [9.17, 15) is 38.4 Å². The average Bonchev–Trinajstić information content (AvgIpc) is 1.76. The van der Waals surface area contributed by atoms with Crippen LogP contribution in [-0.2, 0) is 59.5 Å². The number of rotatable bonds is 40. The summed E-state index contributed by atoms with van der Waals surface area (Å²) in [6.45, 7) is 8.94. The number of ketones is 2. The number of nitrogens with zero attached hydrogens (tertiary/aromatic N) is 4. The summed E-state index contributed by atoms with van der Waals surface area (Å²) in [5.74, 6) is -1.35. The minimum absolute atomic E-state index is 0.0961. The van der Waals surface area contributed by atoms with Crippen molar-refractivity contribution in [1.82, 2.24) is 30.1 Å². The molecule has 2 aromatic heterocycles. The Morgan fingerprint density at radius 2 is 1.27 bits per heavy atom. The van der Waals surface area contributed by atoms with E-state index < -0.39 is 30.0 Å². The molecule has 3 heterocycles. The van der Waals surface area contributed by atoms with Crippen LogP contribution < -0.4 is 27.0 Å². The third-order valence-corrected chi connectivity index (χ3v) is 15.7. The van der Waals surface area contributed by atoms with Gasteiger partial charge >= 0.3 is 12.1 Å². The zero-order valence-corrected chi connectivity index (χ0v) is 50.7. The van der Waals surface area contributed by atoms with Gasteiger partial charge in [0, 0.05) is 80.9 Å². The summed E-state index contributed by atoms with van der Waals surface area (Å²) >= 11 is 0. The van der Waals surface area contributed by atoms with Gasteiger partial charge in [0.25, 0.3) is 11.8 Å². The Hall–Kier alpha value is -7.76. The minimum atomic E-state index is -0.851. The lowest BCUT2D eigenvalue weighted by molar-refractivity contribution is -0.137. The molecule has 0 saturated heterocycles. The number of imidazole rings is 1. The predicted octanol–water partition coefficient (Wildman–Crippen LogP) is 12.5. The quantitative estimate of drug-likeness (QED) is 0.0182. The molecule has 18 heteroatoms. The Kier molecular flexibility index (Phi) is 27.7. The van der Waals surface area contributed by atoms with Crippen LogP contribution in [0.2, 0.25) is 0 Å². The number of nitrogens with one attached hydrogen (secondary N) is 4. The molecule has 0 spiro atoms. The van der Waals surface area contributed by atoms with Gasteiger partial charge in [-0.1, -0.05) is 159 Å². The molecule has 1 aliphatic heterocycles. The second-order valence-corrected chi connectivity index (χ2v) is 23.0. The maximum Gasteiger partial charge on any atom is 0.413 e. The highest BCUT2D eigenvalue weighted by atomic mass is 16.5. The molecule has 6 N–H and O–H groups in total. The van der Waals surface area contributed by atoms with Gasteiger partial charge in [-0.2, -0.15) is 0 Å². The lowest BCUT2D eigenvalue weighted by Crippen LogP contribution is -2.45. The smallest absolute Gasteiger partial charge is 0.413 e. The van der Waals surface area contributed by atoms with E-state index in [1.807, 2.05) is 38.1 Å². The van der Waals surface area contributed by atoms with Crippen LogP contribution in [0.3, 0.4) is 0 Å². The van der Waals surface area contributed by atoms with Crippen molar-refractivity contribution in [3.8, 4) is 0 Å². The fraction of sp³-hybridized carbons (Fsp3) is 0.522. The van der Waals surface area contributed by atoms with Crippen molar-refractivity contribution >= 4 is 80.8 Å². The Bertz CT molecular complexity index is 3020. The molecule has 18 nitrogen and oxygen atoms in total. The lowest BCUT2D eigenvalue weighted by Gasteiger charge is -2.24. The second-order valence-electron chi connectivity index (χ2n) is 23.0. The number of amides is 7. The van der Waals surface area contributed by atoms with E-state index in [-0.39, 0.29) is 74.2 Å². The summed E-state index contributed by atoms with van der Waals surface area (Å²) in [5.41, 5.74) is 10.7. The lowest BCUT2D eigenvalue weighted by atomic mass is 9.89. The second kappa shape index (κ2) is 35.5. The van der Waals surface area contributed by atoms with Crippen LogP contribution in [0.15, 0.2) is 84.9 Å². The fourth-order valence-electron chi connectivity index (χ4n) is 10.8. The van der Waals surface area contributed by atoms with Crippen molar-refractivity contribution < 1.29 is 43.1 Å². The number of carbonyl (C=O) groups is 8. The number of unbranched alkanes of at least 4 members (excludes halogenated alkanes) is 13. The molecule has 85 heavy (non-hydrogen) atoms. The number of ether oxygens (including phenoxy) is 1. The van der Waals surface area contributed by atoms with Crippen molar-refractivity contribution in [2.75, 3.05) is 23.7 Å². The van der Waals surface area contributed by atoms with Crippen molar-refractivity contribution in [3.63, 3.8) is 0 Å². The number of para-hydroxylation sites is 1. The highest BCUT2D eigenvalue weighted by Crippen LogP contribution is 2.32. The first kappa shape index (κ1) is 66.4. The monoisotopic (exact) mass is 1170 g/mol. The maximum absolute atomic E-state index is 13.9. The molecular formula is C67H91N9O9. The predicted molar refractivity (Wildman–Crippen MR) is 334 cm³/mol. The fourth-order valence-corrected chi connectivity index (χ4v) is 10.8. The third-order valence-electron chi connectivity index (χ3n) is 15.7. The number of hydrogen-bond acceptors (Lipinski definition) is 11. The van der Waals surface area contributed by atoms with E-state index in [0.29, 0.717) is 73.1 Å². The van der Waals surface area contributed by atoms with E-state index in [1.54, 1.807) is 24.3 Å². The van der Waals surface area contributed by atoms with Crippen LogP contribution in [0.25, 0.3) is 21.9 Å². The van der Waals surface area contributed by atoms with E-state index in [2.05, 4.69) is 63.9 Å². The molecule has 0 bridgehead atoms. The molecule has 0 radical (unpaired) electrons. The Morgan fingerprint density at radius 1 is 0.647 bits per heavy atom. The molecule has 6 rings (SSSR count). The zero-order chi connectivity index (χ0) is 60.9. The minimum Gasteiger partial charge on any atom is -0.444 e. The normalized spacial score (nSPS) is 12.9. The molecule has 3 aromatic carbocycles. The summed E-state index contributed by atoms with van der Waals surface area (Å²) in [4.78, 5) is 113. The summed E-state index contributed by atoms with van der Waals surface area (Å²) in [6.07, 6.45) is 22.4. The van der Waals surface area contributed by atoms with Crippen LogP contribution in [0, 0.1) is 11.8 Å². The first-order chi connectivity index (χ1) is 41.1. The summed E-state index contributed by atoms with van der Waals surface area (Å²) in [5, 5.41) is 12.1. The van der Waals surface area contributed by atoms with Crippen LogP contribution >= 0.6 is 0 Å². The van der Waals surface area contributed by atoms with E-state index in [0.717, 1.165) is 71.3 Å². The Labute approximate surface area is 501 Å². The number of imide groups is 1. The van der Waals surface area contributed by atoms with Crippen molar-refractivity contribution in [3.05, 3.63) is 107 Å². The average molecular weight is 1170 g/mol. The first-order valence-corrected chi connectivity index (χ1v) is 31.2. The zero-order valence-electron chi connectivity index (χ0n) is 50.7. The van der Waals surface area contributed by atoms with Gasteiger partial charge in [0.1, 0.15) is 23.7 Å². The van der Waals surface area contributed by atoms with Gasteiger partial charge in [0.15, 0.2) is 11.6 Å². The number of anilines is 2. The summed E-state index contributed by atoms with van der Waals surface area (Å²) < 4.78 is 7.95. The number of urea groups is 1. The number of fused-ring (bicyclic) bond motifs is 3.